The second kappa shape index (κ2) is 11.3. The van der Waals surface area contributed by atoms with Gasteiger partial charge in [0.1, 0.15) is 12.2 Å². The molecule has 0 aliphatic carbocycles. The average Bonchev–Trinajstić information content (AvgIpc) is 2.87. The van der Waals surface area contributed by atoms with Crippen LogP contribution in [0.1, 0.15) is 18.1 Å². The summed E-state index contributed by atoms with van der Waals surface area (Å²) in [7, 11) is 0. The summed E-state index contributed by atoms with van der Waals surface area (Å²) in [6.45, 7) is 2.25. The van der Waals surface area contributed by atoms with Gasteiger partial charge in [0.25, 0.3) is 17.5 Å². The molecule has 1 fully saturated rings. The van der Waals surface area contributed by atoms with E-state index in [1.165, 1.54) is 18.2 Å². The molecule has 0 atom stereocenters. The third kappa shape index (κ3) is 5.77. The Hall–Kier alpha value is -4.41. The number of hydrogen-bond acceptors (Lipinski definition) is 7. The van der Waals surface area contributed by atoms with Crippen molar-refractivity contribution in [3.63, 3.8) is 0 Å². The predicted octanol–water partition coefficient (Wildman–Crippen LogP) is 5.55. The molecule has 3 aromatic rings. The fourth-order valence-corrected chi connectivity index (χ4v) is 4.04. The number of nitrogens with zero attached hydrogens (tertiary/aromatic N) is 2. The number of nitrogens with one attached hydrogen (secondary N) is 1. The molecule has 0 spiro atoms. The molecule has 0 bridgehead atoms. The van der Waals surface area contributed by atoms with Crippen molar-refractivity contribution in [3.8, 4) is 11.5 Å². The van der Waals surface area contributed by atoms with Crippen molar-refractivity contribution in [1.29, 1.82) is 0 Å². The maximum Gasteiger partial charge on any atom is 0.335 e. The number of halogens is 2. The van der Waals surface area contributed by atoms with Crippen molar-refractivity contribution < 1.29 is 28.8 Å². The number of barbiturate groups is 1. The molecule has 4 rings (SSSR count). The molecule has 0 radical (unpaired) electrons. The molecule has 1 saturated heterocycles. The molecule has 1 aliphatic heterocycles. The highest BCUT2D eigenvalue weighted by molar-refractivity contribution is 6.39. The second-order valence-corrected chi connectivity index (χ2v) is 8.74. The molecule has 0 saturated carbocycles. The number of imide groups is 2. The number of benzene rings is 3. The van der Waals surface area contributed by atoms with Crippen LogP contribution in [0.2, 0.25) is 10.0 Å². The number of anilines is 1. The van der Waals surface area contributed by atoms with E-state index in [2.05, 4.69) is 5.32 Å². The van der Waals surface area contributed by atoms with E-state index in [4.69, 9.17) is 32.7 Å². The number of hydrogen-bond donors (Lipinski definition) is 1. The molecule has 1 heterocycles. The first kappa shape index (κ1) is 26.6. The SMILES string of the molecule is CCOc1cc(/C=C2\C(=O)NC(=O)N(c3ccc([N+](=O)[O-])cc3)C2=O)ccc1OCc1ccc(Cl)cc1Cl. The van der Waals surface area contributed by atoms with Gasteiger partial charge in [-0.15, -0.1) is 0 Å². The van der Waals surface area contributed by atoms with Gasteiger partial charge in [-0.2, -0.15) is 0 Å². The highest BCUT2D eigenvalue weighted by Crippen LogP contribution is 2.32. The summed E-state index contributed by atoms with van der Waals surface area (Å²) in [5, 5.41) is 14.0. The van der Waals surface area contributed by atoms with Crippen LogP contribution in [0.3, 0.4) is 0 Å². The number of non-ortho nitro benzene ring substituents is 1. The summed E-state index contributed by atoms with van der Waals surface area (Å²) in [5.74, 6) is -1.00. The number of carbonyl (C=O) groups excluding carboxylic acids is 3. The Bertz CT molecular complexity index is 1470. The minimum atomic E-state index is -0.967. The van der Waals surface area contributed by atoms with Gasteiger partial charge in [0.15, 0.2) is 11.5 Å². The molecular formula is C26H19Cl2N3O7. The first-order chi connectivity index (χ1) is 18.2. The summed E-state index contributed by atoms with van der Waals surface area (Å²) in [5.41, 5.74) is 0.685. The molecule has 1 aliphatic rings. The molecule has 12 heteroatoms. The van der Waals surface area contributed by atoms with E-state index in [1.54, 1.807) is 43.3 Å². The lowest BCUT2D eigenvalue weighted by Gasteiger charge is -2.26. The van der Waals surface area contributed by atoms with Gasteiger partial charge in [0.05, 0.1) is 17.2 Å². The van der Waals surface area contributed by atoms with Gasteiger partial charge in [-0.1, -0.05) is 35.3 Å². The van der Waals surface area contributed by atoms with E-state index in [9.17, 15) is 24.5 Å². The highest BCUT2D eigenvalue weighted by Gasteiger charge is 2.37. The Morgan fingerprint density at radius 1 is 0.974 bits per heavy atom. The summed E-state index contributed by atoms with van der Waals surface area (Å²) < 4.78 is 11.6. The van der Waals surface area contributed by atoms with Gasteiger partial charge in [0, 0.05) is 27.7 Å². The number of urea groups is 1. The van der Waals surface area contributed by atoms with Crippen LogP contribution in [-0.4, -0.2) is 29.4 Å². The third-order valence-corrected chi connectivity index (χ3v) is 5.98. The molecular weight excluding hydrogens is 537 g/mol. The lowest BCUT2D eigenvalue weighted by atomic mass is 10.1. The van der Waals surface area contributed by atoms with Crippen LogP contribution >= 0.6 is 23.2 Å². The Balaban J connectivity index is 1.60. The Morgan fingerprint density at radius 3 is 2.37 bits per heavy atom. The summed E-state index contributed by atoms with van der Waals surface area (Å²) in [4.78, 5) is 49.1. The van der Waals surface area contributed by atoms with Crippen LogP contribution in [0.15, 0.2) is 66.2 Å². The molecule has 10 nitrogen and oxygen atoms in total. The first-order valence-corrected chi connectivity index (χ1v) is 11.9. The molecule has 1 N–H and O–H groups in total. The van der Waals surface area contributed by atoms with E-state index in [0.717, 1.165) is 17.0 Å². The highest BCUT2D eigenvalue weighted by atomic mass is 35.5. The van der Waals surface area contributed by atoms with Gasteiger partial charge in [-0.05, 0) is 55.0 Å². The van der Waals surface area contributed by atoms with Crippen molar-refractivity contribution in [1.82, 2.24) is 5.32 Å². The van der Waals surface area contributed by atoms with Crippen LogP contribution in [0.4, 0.5) is 16.2 Å². The molecule has 38 heavy (non-hydrogen) atoms. The van der Waals surface area contributed by atoms with E-state index in [-0.39, 0.29) is 23.6 Å². The lowest BCUT2D eigenvalue weighted by Crippen LogP contribution is -2.54. The summed E-state index contributed by atoms with van der Waals surface area (Å²) >= 11 is 12.2. The molecule has 0 aromatic heterocycles. The second-order valence-electron chi connectivity index (χ2n) is 7.89. The monoisotopic (exact) mass is 555 g/mol. The van der Waals surface area contributed by atoms with E-state index in [1.807, 2.05) is 0 Å². The number of nitro groups is 1. The quantitative estimate of drug-likeness (QED) is 0.167. The lowest BCUT2D eigenvalue weighted by molar-refractivity contribution is -0.384. The van der Waals surface area contributed by atoms with Crippen molar-refractivity contribution in [2.45, 2.75) is 13.5 Å². The standard InChI is InChI=1S/C26H19Cl2N3O7/c1-2-37-23-12-15(3-10-22(23)38-14-16-4-5-17(27)13-21(16)28)11-20-24(32)29-26(34)30(25(20)33)18-6-8-19(9-7-18)31(35)36/h3-13H,2,14H2,1H3,(H,29,32,34)/b20-11+. The Kier molecular flexibility index (Phi) is 7.94. The Labute approximate surface area is 226 Å². The summed E-state index contributed by atoms with van der Waals surface area (Å²) in [6.07, 6.45) is 1.31. The van der Waals surface area contributed by atoms with Gasteiger partial charge < -0.3 is 9.47 Å². The predicted molar refractivity (Wildman–Crippen MR) is 141 cm³/mol. The van der Waals surface area contributed by atoms with Gasteiger partial charge in [0.2, 0.25) is 0 Å². The normalized spacial score (nSPS) is 14.4. The van der Waals surface area contributed by atoms with Gasteiger partial charge in [-0.25, -0.2) is 9.69 Å². The Morgan fingerprint density at radius 2 is 1.71 bits per heavy atom. The molecule has 0 unspecified atom stereocenters. The largest absolute Gasteiger partial charge is 0.490 e. The van der Waals surface area contributed by atoms with Crippen LogP contribution in [-0.2, 0) is 16.2 Å². The van der Waals surface area contributed by atoms with Crippen molar-refractivity contribution in [2.75, 3.05) is 11.5 Å². The minimum Gasteiger partial charge on any atom is -0.490 e. The smallest absolute Gasteiger partial charge is 0.335 e. The fourth-order valence-electron chi connectivity index (χ4n) is 3.58. The number of carbonyl (C=O) groups is 3. The van der Waals surface area contributed by atoms with E-state index >= 15 is 0 Å². The molecule has 3 aromatic carbocycles. The van der Waals surface area contributed by atoms with Crippen LogP contribution < -0.4 is 19.7 Å². The van der Waals surface area contributed by atoms with Crippen molar-refractivity contribution in [3.05, 3.63) is 97.5 Å². The number of ether oxygens (including phenoxy) is 2. The van der Waals surface area contributed by atoms with Gasteiger partial charge in [-0.3, -0.25) is 25.0 Å². The number of nitro benzene ring substituents is 1. The van der Waals surface area contributed by atoms with Crippen LogP contribution in [0, 0.1) is 10.1 Å². The maximum atomic E-state index is 13.1. The first-order valence-electron chi connectivity index (χ1n) is 11.2. The van der Waals surface area contributed by atoms with Crippen molar-refractivity contribution in [2.24, 2.45) is 0 Å². The molecule has 194 valence electrons. The zero-order chi connectivity index (χ0) is 27.4. The van der Waals surface area contributed by atoms with Crippen LogP contribution in [0.5, 0.6) is 11.5 Å². The zero-order valence-corrected chi connectivity index (χ0v) is 21.3. The number of amides is 4. The average molecular weight is 556 g/mol. The topological polar surface area (TPSA) is 128 Å². The fraction of sp³-hybridized carbons (Fsp3) is 0.115. The molecule has 4 amide bonds. The maximum absolute atomic E-state index is 13.1. The van der Waals surface area contributed by atoms with Gasteiger partial charge >= 0.3 is 6.03 Å². The van der Waals surface area contributed by atoms with E-state index < -0.39 is 22.8 Å². The van der Waals surface area contributed by atoms with Crippen LogP contribution in [0.25, 0.3) is 6.08 Å². The minimum absolute atomic E-state index is 0.0658. The van der Waals surface area contributed by atoms with E-state index in [0.29, 0.717) is 39.3 Å². The van der Waals surface area contributed by atoms with Crippen molar-refractivity contribution >= 4 is 58.5 Å². The zero-order valence-electron chi connectivity index (χ0n) is 19.8. The number of rotatable bonds is 8. The summed E-state index contributed by atoms with van der Waals surface area (Å²) in [6, 6.07) is 13.7. The third-order valence-electron chi connectivity index (χ3n) is 5.40.